The van der Waals surface area contributed by atoms with Crippen molar-refractivity contribution in [3.05, 3.63) is 35.1 Å². The lowest BCUT2D eigenvalue weighted by Gasteiger charge is -2.20. The van der Waals surface area contributed by atoms with Crippen LogP contribution in [0, 0.1) is 18.7 Å². The fourth-order valence-corrected chi connectivity index (χ4v) is 2.59. The van der Waals surface area contributed by atoms with Gasteiger partial charge in [-0.1, -0.05) is 12.5 Å². The summed E-state index contributed by atoms with van der Waals surface area (Å²) < 4.78 is 13.2. The summed E-state index contributed by atoms with van der Waals surface area (Å²) in [5.74, 6) is -0.229. The number of aryl methyl sites for hydroxylation is 1. The summed E-state index contributed by atoms with van der Waals surface area (Å²) in [5.41, 5.74) is 6.88. The van der Waals surface area contributed by atoms with Gasteiger partial charge >= 0.3 is 0 Å². The molecule has 1 fully saturated rings. The maximum absolute atomic E-state index is 13.2. The molecule has 0 bridgehead atoms. The molecule has 1 aliphatic carbocycles. The van der Waals surface area contributed by atoms with E-state index in [9.17, 15) is 9.18 Å². The standard InChI is InChI=1S/C14H19FN2O.ClH/c1-9-5-6-11(15)7-12(9)14(18)17-13-4-2-3-10(13)8-16;/h5-7,10,13H,2-4,8,16H2,1H3,(H,17,18);1H. The van der Waals surface area contributed by atoms with Gasteiger partial charge in [-0.2, -0.15) is 0 Å². The summed E-state index contributed by atoms with van der Waals surface area (Å²) in [4.78, 5) is 12.1. The molecule has 0 radical (unpaired) electrons. The molecule has 1 aromatic rings. The Bertz CT molecular complexity index is 453. The van der Waals surface area contributed by atoms with Gasteiger partial charge in [0.2, 0.25) is 0 Å². The van der Waals surface area contributed by atoms with E-state index in [0.717, 1.165) is 24.8 Å². The molecular weight excluding hydrogens is 267 g/mol. The van der Waals surface area contributed by atoms with Crippen LogP contribution in [-0.4, -0.2) is 18.5 Å². The van der Waals surface area contributed by atoms with Crippen LogP contribution in [0.5, 0.6) is 0 Å². The molecule has 1 aliphatic rings. The first kappa shape index (κ1) is 15.9. The maximum atomic E-state index is 13.2. The molecule has 1 amide bonds. The molecule has 0 heterocycles. The molecule has 3 N–H and O–H groups in total. The minimum Gasteiger partial charge on any atom is -0.349 e. The van der Waals surface area contributed by atoms with Crippen molar-refractivity contribution >= 4 is 18.3 Å². The average molecular weight is 287 g/mol. The summed E-state index contributed by atoms with van der Waals surface area (Å²) in [6.07, 6.45) is 3.11. The van der Waals surface area contributed by atoms with Crippen molar-refractivity contribution in [1.29, 1.82) is 0 Å². The first-order valence-electron chi connectivity index (χ1n) is 6.39. The molecule has 1 saturated carbocycles. The molecular formula is C14H20ClFN2O. The summed E-state index contributed by atoms with van der Waals surface area (Å²) >= 11 is 0. The fourth-order valence-electron chi connectivity index (χ4n) is 2.59. The largest absolute Gasteiger partial charge is 0.349 e. The van der Waals surface area contributed by atoms with Crippen molar-refractivity contribution < 1.29 is 9.18 Å². The Morgan fingerprint density at radius 1 is 1.47 bits per heavy atom. The topological polar surface area (TPSA) is 55.1 Å². The lowest BCUT2D eigenvalue weighted by molar-refractivity contribution is 0.0927. The molecule has 106 valence electrons. The third kappa shape index (κ3) is 3.67. The van der Waals surface area contributed by atoms with Crippen molar-refractivity contribution in [3.8, 4) is 0 Å². The van der Waals surface area contributed by atoms with Gasteiger partial charge in [0, 0.05) is 11.6 Å². The highest BCUT2D eigenvalue weighted by Crippen LogP contribution is 2.25. The zero-order valence-electron chi connectivity index (χ0n) is 11.0. The number of hydrogen-bond donors (Lipinski definition) is 2. The smallest absolute Gasteiger partial charge is 0.251 e. The van der Waals surface area contributed by atoms with Crippen molar-refractivity contribution in [3.63, 3.8) is 0 Å². The second-order valence-electron chi connectivity index (χ2n) is 4.97. The minimum atomic E-state index is -0.382. The fraction of sp³-hybridized carbons (Fsp3) is 0.500. The maximum Gasteiger partial charge on any atom is 0.251 e. The Kier molecular flexibility index (Phi) is 5.76. The molecule has 3 nitrogen and oxygen atoms in total. The van der Waals surface area contributed by atoms with Crippen LogP contribution in [0.15, 0.2) is 18.2 Å². The summed E-state index contributed by atoms with van der Waals surface area (Å²) in [7, 11) is 0. The number of nitrogens with one attached hydrogen (secondary N) is 1. The first-order valence-corrected chi connectivity index (χ1v) is 6.39. The molecule has 2 rings (SSSR count). The van der Waals surface area contributed by atoms with E-state index in [1.807, 2.05) is 6.92 Å². The predicted octanol–water partition coefficient (Wildman–Crippen LogP) is 2.41. The van der Waals surface area contributed by atoms with Gasteiger partial charge < -0.3 is 11.1 Å². The van der Waals surface area contributed by atoms with Crippen LogP contribution in [0.4, 0.5) is 4.39 Å². The lowest BCUT2D eigenvalue weighted by atomic mass is 10.0. The molecule has 2 atom stereocenters. The third-order valence-corrected chi connectivity index (χ3v) is 3.72. The van der Waals surface area contributed by atoms with Crippen LogP contribution in [0.3, 0.4) is 0 Å². The van der Waals surface area contributed by atoms with Gasteiger partial charge in [0.15, 0.2) is 0 Å². The molecule has 5 heteroatoms. The van der Waals surface area contributed by atoms with Crippen molar-refractivity contribution in [2.45, 2.75) is 32.2 Å². The molecule has 19 heavy (non-hydrogen) atoms. The number of halogens is 2. The number of hydrogen-bond acceptors (Lipinski definition) is 2. The van der Waals surface area contributed by atoms with Crippen LogP contribution >= 0.6 is 12.4 Å². The monoisotopic (exact) mass is 286 g/mol. The number of amides is 1. The number of carbonyl (C=O) groups excluding carboxylic acids is 1. The SMILES string of the molecule is Cc1ccc(F)cc1C(=O)NC1CCCC1CN.Cl. The number of nitrogens with two attached hydrogens (primary N) is 1. The van der Waals surface area contributed by atoms with E-state index < -0.39 is 0 Å². The molecule has 2 unspecified atom stereocenters. The van der Waals surface area contributed by atoms with Gasteiger partial charge in [-0.3, -0.25) is 4.79 Å². The van der Waals surface area contributed by atoms with Gasteiger partial charge in [0.1, 0.15) is 5.82 Å². The quantitative estimate of drug-likeness (QED) is 0.896. The molecule has 1 aromatic carbocycles. The van der Waals surface area contributed by atoms with Gasteiger partial charge in [0.05, 0.1) is 0 Å². The number of benzene rings is 1. The molecule has 0 aliphatic heterocycles. The van der Waals surface area contributed by atoms with E-state index in [2.05, 4.69) is 5.32 Å². The molecule has 0 spiro atoms. The first-order chi connectivity index (χ1) is 8.61. The summed E-state index contributed by atoms with van der Waals surface area (Å²) in [6, 6.07) is 4.41. The van der Waals surface area contributed by atoms with E-state index in [1.54, 1.807) is 6.07 Å². The van der Waals surface area contributed by atoms with Gasteiger partial charge in [-0.15, -0.1) is 12.4 Å². The van der Waals surface area contributed by atoms with Crippen molar-refractivity contribution in [1.82, 2.24) is 5.32 Å². The van der Waals surface area contributed by atoms with Crippen molar-refractivity contribution in [2.75, 3.05) is 6.54 Å². The Balaban J connectivity index is 0.00000180. The van der Waals surface area contributed by atoms with Crippen LogP contribution in [0.1, 0.15) is 35.2 Å². The zero-order valence-corrected chi connectivity index (χ0v) is 11.8. The highest BCUT2D eigenvalue weighted by molar-refractivity contribution is 5.95. The Morgan fingerprint density at radius 2 is 2.21 bits per heavy atom. The van der Waals surface area contributed by atoms with Gasteiger partial charge in [0.25, 0.3) is 5.91 Å². The van der Waals surface area contributed by atoms with Gasteiger partial charge in [-0.05, 0) is 49.9 Å². The Morgan fingerprint density at radius 3 is 2.89 bits per heavy atom. The van der Waals surface area contributed by atoms with E-state index in [1.165, 1.54) is 12.1 Å². The lowest BCUT2D eigenvalue weighted by Crippen LogP contribution is -2.40. The highest BCUT2D eigenvalue weighted by atomic mass is 35.5. The third-order valence-electron chi connectivity index (χ3n) is 3.72. The van der Waals surface area contributed by atoms with E-state index >= 15 is 0 Å². The van der Waals surface area contributed by atoms with Crippen molar-refractivity contribution in [2.24, 2.45) is 11.7 Å². The van der Waals surface area contributed by atoms with E-state index in [-0.39, 0.29) is 30.2 Å². The minimum absolute atomic E-state index is 0. The molecule has 0 saturated heterocycles. The van der Waals surface area contributed by atoms with Crippen LogP contribution in [0.2, 0.25) is 0 Å². The van der Waals surface area contributed by atoms with Gasteiger partial charge in [-0.25, -0.2) is 4.39 Å². The summed E-state index contributed by atoms with van der Waals surface area (Å²) in [5, 5.41) is 2.98. The predicted molar refractivity (Wildman–Crippen MR) is 76.0 cm³/mol. The van der Waals surface area contributed by atoms with Crippen LogP contribution in [-0.2, 0) is 0 Å². The van der Waals surface area contributed by atoms with E-state index in [0.29, 0.717) is 18.0 Å². The van der Waals surface area contributed by atoms with Crippen LogP contribution < -0.4 is 11.1 Å². The highest BCUT2D eigenvalue weighted by Gasteiger charge is 2.27. The van der Waals surface area contributed by atoms with E-state index in [4.69, 9.17) is 5.73 Å². The summed E-state index contributed by atoms with van der Waals surface area (Å²) in [6.45, 7) is 2.40. The normalized spacial score (nSPS) is 21.8. The number of rotatable bonds is 3. The Labute approximate surface area is 119 Å². The second-order valence-corrected chi connectivity index (χ2v) is 4.97. The van der Waals surface area contributed by atoms with Crippen LogP contribution in [0.25, 0.3) is 0 Å². The number of carbonyl (C=O) groups is 1. The molecule has 0 aromatic heterocycles. The second kappa shape index (κ2) is 6.87. The zero-order chi connectivity index (χ0) is 13.1. The Hall–Kier alpha value is -1.13. The average Bonchev–Trinajstić information content (AvgIpc) is 2.79.